The minimum absolute atomic E-state index is 0.180. The Morgan fingerprint density at radius 3 is 2.57 bits per heavy atom. The van der Waals surface area contributed by atoms with Gasteiger partial charge in [0.15, 0.2) is 0 Å². The molecule has 0 unspecified atom stereocenters. The van der Waals surface area contributed by atoms with Gasteiger partial charge in [0.05, 0.1) is 0 Å². The van der Waals surface area contributed by atoms with Gasteiger partial charge in [-0.15, -0.1) is 11.3 Å². The Morgan fingerprint density at radius 2 is 1.83 bits per heavy atom. The first-order valence-electron chi connectivity index (χ1n) is 11.0. The van der Waals surface area contributed by atoms with Crippen LogP contribution < -0.4 is 0 Å². The lowest BCUT2D eigenvalue weighted by atomic mass is 9.99. The van der Waals surface area contributed by atoms with E-state index in [-0.39, 0.29) is 5.91 Å². The summed E-state index contributed by atoms with van der Waals surface area (Å²) in [6, 6.07) is 12.8. The Hall–Kier alpha value is -2.46. The van der Waals surface area contributed by atoms with Crippen molar-refractivity contribution in [1.82, 2.24) is 9.88 Å². The van der Waals surface area contributed by atoms with Gasteiger partial charge in [0.2, 0.25) is 0 Å². The summed E-state index contributed by atoms with van der Waals surface area (Å²) in [7, 11) is 0. The lowest BCUT2D eigenvalue weighted by Gasteiger charge is -2.27. The average molecular weight is 419 g/mol. The minimum Gasteiger partial charge on any atom is -0.339 e. The predicted molar refractivity (Wildman–Crippen MR) is 126 cm³/mol. The van der Waals surface area contributed by atoms with Crippen molar-refractivity contribution in [3.05, 3.63) is 64.8 Å². The number of piperidine rings is 1. The Morgan fingerprint density at radius 1 is 1.03 bits per heavy atom. The van der Waals surface area contributed by atoms with E-state index in [0.29, 0.717) is 5.92 Å². The number of thiophene rings is 1. The third-order valence-electron chi connectivity index (χ3n) is 5.75. The number of rotatable bonds is 5. The van der Waals surface area contributed by atoms with Crippen molar-refractivity contribution in [2.75, 3.05) is 13.1 Å². The molecule has 30 heavy (non-hydrogen) atoms. The molecule has 1 saturated heterocycles. The maximum absolute atomic E-state index is 12.9. The molecular weight excluding hydrogens is 388 g/mol. The smallest absolute Gasteiger partial charge is 0.254 e. The second kappa shape index (κ2) is 9.13. The van der Waals surface area contributed by atoms with Gasteiger partial charge in [-0.1, -0.05) is 26.0 Å². The van der Waals surface area contributed by atoms with Gasteiger partial charge in [-0.25, -0.2) is 0 Å². The normalized spacial score (nSPS) is 14.3. The van der Waals surface area contributed by atoms with Gasteiger partial charge < -0.3 is 4.90 Å². The molecule has 3 heterocycles. The fraction of sp³-hybridized carbons (Fsp3) is 0.385. The van der Waals surface area contributed by atoms with Crippen molar-refractivity contribution >= 4 is 17.2 Å². The third-order valence-corrected chi connectivity index (χ3v) is 6.73. The second-order valence-electron chi connectivity index (χ2n) is 8.72. The number of aryl methyl sites for hydroxylation is 1. The van der Waals surface area contributed by atoms with Gasteiger partial charge >= 0.3 is 0 Å². The summed E-state index contributed by atoms with van der Waals surface area (Å²) in [5.74, 6) is 0.778. The molecule has 0 spiro atoms. The molecule has 0 aliphatic carbocycles. The van der Waals surface area contributed by atoms with Crippen LogP contribution in [0.4, 0.5) is 0 Å². The molecule has 1 aliphatic rings. The quantitative estimate of drug-likeness (QED) is 0.467. The molecule has 0 atom stereocenters. The summed E-state index contributed by atoms with van der Waals surface area (Å²) >= 11 is 1.76. The van der Waals surface area contributed by atoms with E-state index in [2.05, 4.69) is 61.5 Å². The highest BCUT2D eigenvalue weighted by Gasteiger charge is 2.20. The maximum Gasteiger partial charge on any atom is 0.254 e. The summed E-state index contributed by atoms with van der Waals surface area (Å²) in [4.78, 5) is 20.7. The van der Waals surface area contributed by atoms with E-state index < -0.39 is 0 Å². The number of pyridine rings is 1. The molecule has 1 aliphatic heterocycles. The summed E-state index contributed by atoms with van der Waals surface area (Å²) in [6.45, 7) is 8.27. The van der Waals surface area contributed by atoms with E-state index in [4.69, 9.17) is 0 Å². The molecule has 0 N–H and O–H groups in total. The van der Waals surface area contributed by atoms with E-state index in [0.717, 1.165) is 49.2 Å². The first-order chi connectivity index (χ1) is 14.5. The van der Waals surface area contributed by atoms with Crippen LogP contribution in [0, 0.1) is 12.8 Å². The minimum atomic E-state index is 0.180. The Balaban J connectivity index is 1.55. The first kappa shape index (κ1) is 20.8. The SMILES string of the molecule is Cc1cc(-c2csc(-c3ccnc(CC(C)C)c3)c2)ccc1C(=O)N1CCCCC1. The fourth-order valence-corrected chi connectivity index (χ4v) is 5.07. The molecule has 1 aromatic carbocycles. The van der Waals surface area contributed by atoms with Crippen LogP contribution in [0.5, 0.6) is 0 Å². The van der Waals surface area contributed by atoms with E-state index in [1.54, 1.807) is 11.3 Å². The Bertz CT molecular complexity index is 1030. The van der Waals surface area contributed by atoms with Gasteiger partial charge in [0, 0.05) is 35.4 Å². The maximum atomic E-state index is 12.9. The fourth-order valence-electron chi connectivity index (χ4n) is 4.15. The van der Waals surface area contributed by atoms with E-state index >= 15 is 0 Å². The molecule has 4 rings (SSSR count). The van der Waals surface area contributed by atoms with E-state index in [9.17, 15) is 4.79 Å². The molecule has 156 valence electrons. The zero-order valence-electron chi connectivity index (χ0n) is 18.1. The molecule has 2 aromatic heterocycles. The highest BCUT2D eigenvalue weighted by molar-refractivity contribution is 7.14. The topological polar surface area (TPSA) is 33.2 Å². The van der Waals surface area contributed by atoms with Gasteiger partial charge in [0.1, 0.15) is 0 Å². The van der Waals surface area contributed by atoms with E-state index in [1.165, 1.54) is 28.0 Å². The van der Waals surface area contributed by atoms with Gasteiger partial charge in [-0.3, -0.25) is 9.78 Å². The second-order valence-corrected chi connectivity index (χ2v) is 9.63. The highest BCUT2D eigenvalue weighted by Crippen LogP contribution is 2.34. The predicted octanol–water partition coefficient (Wildman–Crippen LogP) is 6.61. The molecule has 3 nitrogen and oxygen atoms in total. The number of aromatic nitrogens is 1. The van der Waals surface area contributed by atoms with Crippen LogP contribution in [-0.4, -0.2) is 28.9 Å². The van der Waals surface area contributed by atoms with Gasteiger partial charge in [0.25, 0.3) is 5.91 Å². The summed E-state index contributed by atoms with van der Waals surface area (Å²) in [5.41, 5.74) is 6.64. The first-order valence-corrected chi connectivity index (χ1v) is 11.8. The van der Waals surface area contributed by atoms with Gasteiger partial charge in [-0.05, 0) is 90.4 Å². The average Bonchev–Trinajstić information content (AvgIpc) is 3.24. The molecule has 3 aromatic rings. The number of carbonyl (C=O) groups is 1. The highest BCUT2D eigenvalue weighted by atomic mass is 32.1. The number of hydrogen-bond donors (Lipinski definition) is 0. The monoisotopic (exact) mass is 418 g/mol. The summed E-state index contributed by atoms with van der Waals surface area (Å²) < 4.78 is 0. The van der Waals surface area contributed by atoms with Crippen LogP contribution in [0.1, 0.15) is 54.7 Å². The number of nitrogens with zero attached hydrogens (tertiary/aromatic N) is 2. The third kappa shape index (κ3) is 4.65. The lowest BCUT2D eigenvalue weighted by Crippen LogP contribution is -2.35. The summed E-state index contributed by atoms with van der Waals surface area (Å²) in [6.07, 6.45) is 6.39. The van der Waals surface area contributed by atoms with Crippen LogP contribution >= 0.6 is 11.3 Å². The zero-order chi connectivity index (χ0) is 21.1. The number of amides is 1. The Labute approximate surface area is 183 Å². The standard InChI is InChI=1S/C26H30N2OS/c1-18(2)13-23-15-21(9-10-27-23)25-16-22(17-30-25)20-7-8-24(19(3)14-20)26(29)28-11-5-4-6-12-28/h7-10,14-18H,4-6,11-13H2,1-3H3. The number of carbonyl (C=O) groups excluding carboxylic acids is 1. The Kier molecular flexibility index (Phi) is 6.33. The van der Waals surface area contributed by atoms with E-state index in [1.807, 2.05) is 17.2 Å². The largest absolute Gasteiger partial charge is 0.339 e. The molecule has 4 heteroatoms. The van der Waals surface area contributed by atoms with Crippen molar-refractivity contribution < 1.29 is 4.79 Å². The van der Waals surface area contributed by atoms with Crippen molar-refractivity contribution in [3.63, 3.8) is 0 Å². The van der Waals surface area contributed by atoms with Crippen molar-refractivity contribution in [3.8, 4) is 21.6 Å². The van der Waals surface area contributed by atoms with Crippen LogP contribution in [0.3, 0.4) is 0 Å². The van der Waals surface area contributed by atoms with Crippen LogP contribution in [0.25, 0.3) is 21.6 Å². The molecule has 0 saturated carbocycles. The van der Waals surface area contributed by atoms with Crippen LogP contribution in [0.2, 0.25) is 0 Å². The zero-order valence-corrected chi connectivity index (χ0v) is 19.0. The molecular formula is C26H30N2OS. The van der Waals surface area contributed by atoms with Gasteiger partial charge in [-0.2, -0.15) is 0 Å². The van der Waals surface area contributed by atoms with Crippen LogP contribution in [-0.2, 0) is 6.42 Å². The van der Waals surface area contributed by atoms with Crippen LogP contribution in [0.15, 0.2) is 48.0 Å². The number of hydrogen-bond acceptors (Lipinski definition) is 3. The molecule has 0 bridgehead atoms. The van der Waals surface area contributed by atoms with Crippen molar-refractivity contribution in [2.24, 2.45) is 5.92 Å². The number of benzene rings is 1. The van der Waals surface area contributed by atoms with Crippen molar-refractivity contribution in [1.29, 1.82) is 0 Å². The lowest BCUT2D eigenvalue weighted by molar-refractivity contribution is 0.0723. The molecule has 0 radical (unpaired) electrons. The number of likely N-dealkylation sites (tertiary alicyclic amines) is 1. The summed E-state index contributed by atoms with van der Waals surface area (Å²) in [5, 5.41) is 2.21. The molecule has 1 amide bonds. The van der Waals surface area contributed by atoms with Crippen molar-refractivity contribution in [2.45, 2.75) is 46.5 Å². The molecule has 1 fully saturated rings.